The molecule has 1 saturated heterocycles. The van der Waals surface area contributed by atoms with Crippen LogP contribution in [-0.2, 0) is 0 Å². The molecule has 132 valence electrons. The van der Waals surface area contributed by atoms with Gasteiger partial charge in [0.1, 0.15) is 5.75 Å². The first-order valence-electron chi connectivity index (χ1n) is 8.70. The van der Waals surface area contributed by atoms with Crippen LogP contribution in [0.15, 0.2) is 42.5 Å². The first kappa shape index (κ1) is 17.1. The van der Waals surface area contributed by atoms with Gasteiger partial charge < -0.3 is 20.7 Å². The van der Waals surface area contributed by atoms with Crippen molar-refractivity contribution in [2.75, 3.05) is 29.6 Å². The van der Waals surface area contributed by atoms with Crippen molar-refractivity contribution in [2.45, 2.75) is 32.2 Å². The highest BCUT2D eigenvalue weighted by Crippen LogP contribution is 2.31. The quantitative estimate of drug-likeness (QED) is 0.829. The van der Waals surface area contributed by atoms with Gasteiger partial charge in [-0.25, -0.2) is 0 Å². The summed E-state index contributed by atoms with van der Waals surface area (Å²) in [5, 5.41) is 2.90. The molecule has 0 aliphatic carbocycles. The Kier molecular flexibility index (Phi) is 5.12. The molecule has 1 fully saturated rings. The van der Waals surface area contributed by atoms with Gasteiger partial charge in [-0.3, -0.25) is 4.79 Å². The zero-order valence-corrected chi connectivity index (χ0v) is 14.8. The minimum atomic E-state index is -0.183. The van der Waals surface area contributed by atoms with Crippen LogP contribution in [-0.4, -0.2) is 25.6 Å². The highest BCUT2D eigenvalue weighted by molar-refractivity contribution is 6.04. The SMILES string of the molecule is COc1cccc(C(=O)Nc2ccc(N3CCCC[C@H]3C)c(N)c2)c1. The fourth-order valence-electron chi connectivity index (χ4n) is 3.32. The van der Waals surface area contributed by atoms with Gasteiger partial charge in [0.05, 0.1) is 18.5 Å². The van der Waals surface area contributed by atoms with Gasteiger partial charge in [-0.05, 0) is 62.6 Å². The molecule has 2 aromatic rings. The lowest BCUT2D eigenvalue weighted by Gasteiger charge is -2.36. The number of carbonyl (C=O) groups excluding carboxylic acids is 1. The lowest BCUT2D eigenvalue weighted by molar-refractivity contribution is 0.102. The summed E-state index contributed by atoms with van der Waals surface area (Å²) in [6.07, 6.45) is 3.65. The van der Waals surface area contributed by atoms with E-state index < -0.39 is 0 Å². The summed E-state index contributed by atoms with van der Waals surface area (Å²) < 4.78 is 5.16. The molecule has 1 heterocycles. The topological polar surface area (TPSA) is 67.6 Å². The van der Waals surface area contributed by atoms with E-state index >= 15 is 0 Å². The molecule has 1 aliphatic heterocycles. The molecule has 0 aromatic heterocycles. The molecule has 5 nitrogen and oxygen atoms in total. The van der Waals surface area contributed by atoms with E-state index in [0.29, 0.717) is 28.7 Å². The number of hydrogen-bond acceptors (Lipinski definition) is 4. The predicted molar refractivity (Wildman–Crippen MR) is 102 cm³/mol. The van der Waals surface area contributed by atoms with Crippen molar-refractivity contribution >= 4 is 23.0 Å². The highest BCUT2D eigenvalue weighted by atomic mass is 16.5. The molecule has 1 aliphatic rings. The van der Waals surface area contributed by atoms with Crippen LogP contribution in [0, 0.1) is 0 Å². The molecule has 0 unspecified atom stereocenters. The third-order valence-electron chi connectivity index (χ3n) is 4.73. The average Bonchev–Trinajstić information content (AvgIpc) is 2.63. The van der Waals surface area contributed by atoms with Crippen molar-refractivity contribution in [2.24, 2.45) is 0 Å². The molecule has 5 heteroatoms. The van der Waals surface area contributed by atoms with Gasteiger partial charge in [-0.2, -0.15) is 0 Å². The molecule has 1 amide bonds. The second kappa shape index (κ2) is 7.47. The predicted octanol–water partition coefficient (Wildman–Crippen LogP) is 3.91. The number of benzene rings is 2. The minimum Gasteiger partial charge on any atom is -0.497 e. The first-order chi connectivity index (χ1) is 12.1. The molecular weight excluding hydrogens is 314 g/mol. The third kappa shape index (κ3) is 3.87. The van der Waals surface area contributed by atoms with E-state index in [1.165, 1.54) is 19.3 Å². The van der Waals surface area contributed by atoms with Crippen molar-refractivity contribution in [1.29, 1.82) is 0 Å². The van der Waals surface area contributed by atoms with Crippen molar-refractivity contribution < 1.29 is 9.53 Å². The molecule has 0 radical (unpaired) electrons. The van der Waals surface area contributed by atoms with Gasteiger partial charge in [0, 0.05) is 23.8 Å². The maximum atomic E-state index is 12.4. The Labute approximate surface area is 148 Å². The minimum absolute atomic E-state index is 0.183. The normalized spacial score (nSPS) is 17.2. The van der Waals surface area contributed by atoms with Crippen LogP contribution < -0.4 is 20.7 Å². The number of anilines is 3. The van der Waals surface area contributed by atoms with Crippen LogP contribution in [0.1, 0.15) is 36.5 Å². The van der Waals surface area contributed by atoms with Crippen LogP contribution in [0.3, 0.4) is 0 Å². The number of amides is 1. The van der Waals surface area contributed by atoms with E-state index in [4.69, 9.17) is 10.5 Å². The van der Waals surface area contributed by atoms with E-state index in [9.17, 15) is 4.79 Å². The second-order valence-corrected chi connectivity index (χ2v) is 6.50. The fourth-order valence-corrected chi connectivity index (χ4v) is 3.32. The summed E-state index contributed by atoms with van der Waals surface area (Å²) in [6.45, 7) is 3.26. The van der Waals surface area contributed by atoms with Gasteiger partial charge in [-0.15, -0.1) is 0 Å². The number of rotatable bonds is 4. The lowest BCUT2D eigenvalue weighted by atomic mass is 10.0. The van der Waals surface area contributed by atoms with Crippen LogP contribution in [0.2, 0.25) is 0 Å². The summed E-state index contributed by atoms with van der Waals surface area (Å²) in [4.78, 5) is 14.8. The van der Waals surface area contributed by atoms with Crippen molar-refractivity contribution in [3.05, 3.63) is 48.0 Å². The zero-order valence-electron chi connectivity index (χ0n) is 14.8. The second-order valence-electron chi connectivity index (χ2n) is 6.50. The van der Waals surface area contributed by atoms with Crippen LogP contribution in [0.4, 0.5) is 17.1 Å². The monoisotopic (exact) mass is 339 g/mol. The number of methoxy groups -OCH3 is 1. The van der Waals surface area contributed by atoms with E-state index in [1.807, 2.05) is 24.3 Å². The number of carbonyl (C=O) groups is 1. The molecule has 0 saturated carbocycles. The Bertz CT molecular complexity index is 760. The number of nitrogens with two attached hydrogens (primary N) is 1. The maximum absolute atomic E-state index is 12.4. The molecule has 25 heavy (non-hydrogen) atoms. The molecule has 0 spiro atoms. The number of hydrogen-bond donors (Lipinski definition) is 2. The summed E-state index contributed by atoms with van der Waals surface area (Å²) in [5.41, 5.74) is 9.24. The maximum Gasteiger partial charge on any atom is 0.255 e. The Morgan fingerprint density at radius 3 is 2.80 bits per heavy atom. The summed E-state index contributed by atoms with van der Waals surface area (Å²) in [6, 6.07) is 13.3. The van der Waals surface area contributed by atoms with Crippen LogP contribution >= 0.6 is 0 Å². The van der Waals surface area contributed by atoms with E-state index in [-0.39, 0.29) is 5.91 Å². The number of ether oxygens (including phenoxy) is 1. The number of nitrogen functional groups attached to an aromatic ring is 1. The van der Waals surface area contributed by atoms with Gasteiger partial charge in [0.2, 0.25) is 0 Å². The summed E-state index contributed by atoms with van der Waals surface area (Å²) in [7, 11) is 1.58. The standard InChI is InChI=1S/C20H25N3O2/c1-14-6-3-4-11-23(14)19-10-9-16(13-18(19)21)22-20(24)15-7-5-8-17(12-15)25-2/h5,7-10,12-14H,3-4,6,11,21H2,1-2H3,(H,22,24)/t14-/m1/s1. The van der Waals surface area contributed by atoms with Crippen LogP contribution in [0.5, 0.6) is 5.75 Å². The van der Waals surface area contributed by atoms with E-state index in [0.717, 1.165) is 12.2 Å². The number of piperidine rings is 1. The molecule has 3 rings (SSSR count). The molecule has 2 aromatic carbocycles. The Hall–Kier alpha value is -2.69. The van der Waals surface area contributed by atoms with Crippen molar-refractivity contribution in [3.8, 4) is 5.75 Å². The highest BCUT2D eigenvalue weighted by Gasteiger charge is 2.20. The number of nitrogens with zero attached hydrogens (tertiary/aromatic N) is 1. The molecular formula is C20H25N3O2. The third-order valence-corrected chi connectivity index (χ3v) is 4.73. The average molecular weight is 339 g/mol. The van der Waals surface area contributed by atoms with E-state index in [1.54, 1.807) is 25.3 Å². The van der Waals surface area contributed by atoms with Crippen molar-refractivity contribution in [1.82, 2.24) is 0 Å². The number of nitrogens with one attached hydrogen (secondary N) is 1. The van der Waals surface area contributed by atoms with Gasteiger partial charge in [-0.1, -0.05) is 6.07 Å². The van der Waals surface area contributed by atoms with Crippen molar-refractivity contribution in [3.63, 3.8) is 0 Å². The Balaban J connectivity index is 1.75. The molecule has 1 atom stereocenters. The fraction of sp³-hybridized carbons (Fsp3) is 0.350. The van der Waals surface area contributed by atoms with Crippen LogP contribution in [0.25, 0.3) is 0 Å². The smallest absolute Gasteiger partial charge is 0.255 e. The van der Waals surface area contributed by atoms with Gasteiger partial charge in [0.15, 0.2) is 0 Å². The van der Waals surface area contributed by atoms with Gasteiger partial charge >= 0.3 is 0 Å². The van der Waals surface area contributed by atoms with Gasteiger partial charge in [0.25, 0.3) is 5.91 Å². The zero-order chi connectivity index (χ0) is 17.8. The largest absolute Gasteiger partial charge is 0.497 e. The van der Waals surface area contributed by atoms with E-state index in [2.05, 4.69) is 17.1 Å². The Morgan fingerprint density at radius 2 is 2.08 bits per heavy atom. The first-order valence-corrected chi connectivity index (χ1v) is 8.70. The Morgan fingerprint density at radius 1 is 1.24 bits per heavy atom. The lowest BCUT2D eigenvalue weighted by Crippen LogP contribution is -2.37. The molecule has 0 bridgehead atoms. The molecule has 3 N–H and O–H groups in total. The summed E-state index contributed by atoms with van der Waals surface area (Å²) in [5.74, 6) is 0.471. The summed E-state index contributed by atoms with van der Waals surface area (Å²) >= 11 is 0.